The Kier molecular flexibility index (Phi) is 6.71. The second-order valence-corrected chi connectivity index (χ2v) is 5.07. The molecule has 5 nitrogen and oxygen atoms in total. The molecule has 8 heteroatoms. The Bertz CT molecular complexity index is 751. The van der Waals surface area contributed by atoms with E-state index in [4.69, 9.17) is 21.1 Å². The Morgan fingerprint density at radius 3 is 2.76 bits per heavy atom. The van der Waals surface area contributed by atoms with Gasteiger partial charge in [-0.1, -0.05) is 29.8 Å². The normalized spacial score (nSPS) is 10.9. The molecule has 0 aliphatic rings. The number of hydrogen-bond donors (Lipinski definition) is 0. The highest BCUT2D eigenvalue weighted by Gasteiger charge is 2.14. The van der Waals surface area contributed by atoms with Crippen molar-refractivity contribution in [3.63, 3.8) is 0 Å². The zero-order valence-electron chi connectivity index (χ0n) is 13.1. The van der Waals surface area contributed by atoms with Gasteiger partial charge in [0.2, 0.25) is 0 Å². The molecule has 0 fully saturated rings. The summed E-state index contributed by atoms with van der Waals surface area (Å²) in [5.74, 6) is -0.685. The quantitative estimate of drug-likeness (QED) is 0.418. The number of para-hydroxylation sites is 1. The second-order valence-electron chi connectivity index (χ2n) is 4.69. The zero-order chi connectivity index (χ0) is 18.2. The van der Waals surface area contributed by atoms with Crippen molar-refractivity contribution in [2.45, 2.75) is 13.2 Å². The summed E-state index contributed by atoms with van der Waals surface area (Å²) in [5, 5.41) is 0.333. The van der Waals surface area contributed by atoms with Crippen molar-refractivity contribution in [3.8, 4) is 11.5 Å². The average Bonchev–Trinajstić information content (AvgIpc) is 2.59. The van der Waals surface area contributed by atoms with Crippen molar-refractivity contribution in [2.75, 3.05) is 7.11 Å². The van der Waals surface area contributed by atoms with E-state index in [9.17, 15) is 13.6 Å². The van der Waals surface area contributed by atoms with E-state index in [2.05, 4.69) is 9.72 Å². The van der Waals surface area contributed by atoms with Gasteiger partial charge in [0.1, 0.15) is 11.8 Å². The molecule has 0 amide bonds. The van der Waals surface area contributed by atoms with Gasteiger partial charge in [-0.15, -0.1) is 0 Å². The first-order valence-electron chi connectivity index (χ1n) is 7.06. The number of carbonyl (C=O) groups is 1. The molecule has 0 saturated heterocycles. The molecular formula is C17H14ClF2NO4. The number of esters is 1. The second kappa shape index (κ2) is 8.98. The number of halogens is 3. The van der Waals surface area contributed by atoms with E-state index in [0.29, 0.717) is 10.7 Å². The predicted molar refractivity (Wildman–Crippen MR) is 87.7 cm³/mol. The van der Waals surface area contributed by atoms with Crippen molar-refractivity contribution in [2.24, 2.45) is 0 Å². The van der Waals surface area contributed by atoms with Gasteiger partial charge in [0.15, 0.2) is 11.5 Å². The van der Waals surface area contributed by atoms with E-state index < -0.39 is 12.6 Å². The third kappa shape index (κ3) is 5.72. The molecule has 0 unspecified atom stereocenters. The monoisotopic (exact) mass is 369 g/mol. The van der Waals surface area contributed by atoms with Gasteiger partial charge in [-0.2, -0.15) is 8.78 Å². The van der Waals surface area contributed by atoms with E-state index in [1.165, 1.54) is 31.5 Å². The Labute approximate surface area is 147 Å². The van der Waals surface area contributed by atoms with E-state index >= 15 is 0 Å². The molecule has 0 spiro atoms. The maximum atomic E-state index is 12.5. The van der Waals surface area contributed by atoms with Crippen LogP contribution in [-0.4, -0.2) is 24.7 Å². The summed E-state index contributed by atoms with van der Waals surface area (Å²) in [6, 6.07) is 7.81. The van der Waals surface area contributed by atoms with Crippen LogP contribution in [0.4, 0.5) is 8.78 Å². The van der Waals surface area contributed by atoms with Gasteiger partial charge in [0, 0.05) is 23.4 Å². The van der Waals surface area contributed by atoms with Crippen LogP contribution in [-0.2, 0) is 16.1 Å². The minimum absolute atomic E-state index is 0.00580. The Morgan fingerprint density at radius 1 is 1.32 bits per heavy atom. The third-order valence-electron chi connectivity index (χ3n) is 3.00. The molecule has 0 bridgehead atoms. The van der Waals surface area contributed by atoms with Gasteiger partial charge in [0.25, 0.3) is 0 Å². The summed E-state index contributed by atoms with van der Waals surface area (Å²) in [6.07, 6.45) is 3.90. The first-order valence-corrected chi connectivity index (χ1v) is 7.44. The summed E-state index contributed by atoms with van der Waals surface area (Å²) in [4.78, 5) is 15.6. The topological polar surface area (TPSA) is 57.7 Å². The van der Waals surface area contributed by atoms with Crippen LogP contribution in [0.25, 0.3) is 6.08 Å². The minimum atomic E-state index is -3.02. The lowest BCUT2D eigenvalue weighted by Gasteiger charge is -2.12. The van der Waals surface area contributed by atoms with E-state index in [-0.39, 0.29) is 23.7 Å². The fourth-order valence-corrected chi connectivity index (χ4v) is 2.00. The molecule has 2 aromatic rings. The van der Waals surface area contributed by atoms with Crippen LogP contribution in [0.3, 0.4) is 0 Å². The highest BCUT2D eigenvalue weighted by molar-refractivity contribution is 6.29. The number of alkyl halides is 2. The first-order chi connectivity index (χ1) is 12.0. The largest absolute Gasteiger partial charge is 0.493 e. The van der Waals surface area contributed by atoms with Gasteiger partial charge in [0.05, 0.1) is 7.11 Å². The standard InChI is InChI=1S/C17H14ClF2NO4/c1-23-13-4-2-3-12(16(13)25-17(19)20)6-8-15(22)24-10-11-5-7-14(18)21-9-11/h2-9,17H,10H2,1H3/b8-6+. The van der Waals surface area contributed by atoms with Crippen LogP contribution in [0.2, 0.25) is 5.15 Å². The van der Waals surface area contributed by atoms with Gasteiger partial charge >= 0.3 is 12.6 Å². The number of nitrogens with zero attached hydrogens (tertiary/aromatic N) is 1. The molecule has 1 aromatic heterocycles. The third-order valence-corrected chi connectivity index (χ3v) is 3.23. The molecule has 132 valence electrons. The minimum Gasteiger partial charge on any atom is -0.493 e. The molecule has 0 radical (unpaired) electrons. The molecule has 25 heavy (non-hydrogen) atoms. The van der Waals surface area contributed by atoms with Crippen LogP contribution < -0.4 is 9.47 Å². The van der Waals surface area contributed by atoms with Crippen LogP contribution >= 0.6 is 11.6 Å². The number of hydrogen-bond acceptors (Lipinski definition) is 5. The molecule has 0 N–H and O–H groups in total. The molecular weight excluding hydrogens is 356 g/mol. The average molecular weight is 370 g/mol. The van der Waals surface area contributed by atoms with Crippen LogP contribution in [0.1, 0.15) is 11.1 Å². The highest BCUT2D eigenvalue weighted by atomic mass is 35.5. The summed E-state index contributed by atoms with van der Waals surface area (Å²) >= 11 is 5.66. The van der Waals surface area contributed by atoms with Gasteiger partial charge in [-0.25, -0.2) is 9.78 Å². The summed E-state index contributed by atoms with van der Waals surface area (Å²) in [6.45, 7) is -3.01. The number of aromatic nitrogens is 1. The van der Waals surface area contributed by atoms with E-state index in [1.807, 2.05) is 0 Å². The lowest BCUT2D eigenvalue weighted by atomic mass is 10.1. The van der Waals surface area contributed by atoms with Crippen LogP contribution in [0.15, 0.2) is 42.6 Å². The fraction of sp³-hybridized carbons (Fsp3) is 0.176. The Balaban J connectivity index is 2.04. The number of rotatable bonds is 7. The number of carbonyl (C=O) groups excluding carboxylic acids is 1. The highest BCUT2D eigenvalue weighted by Crippen LogP contribution is 2.33. The van der Waals surface area contributed by atoms with E-state index in [0.717, 1.165) is 6.08 Å². The predicted octanol–water partition coefficient (Wildman–Crippen LogP) is 4.10. The molecule has 0 aliphatic carbocycles. The lowest BCUT2D eigenvalue weighted by Crippen LogP contribution is -2.05. The van der Waals surface area contributed by atoms with Crippen molar-refractivity contribution >= 4 is 23.6 Å². The maximum absolute atomic E-state index is 12.5. The Hall–Kier alpha value is -2.67. The number of pyridine rings is 1. The zero-order valence-corrected chi connectivity index (χ0v) is 13.9. The Morgan fingerprint density at radius 2 is 2.12 bits per heavy atom. The maximum Gasteiger partial charge on any atom is 0.387 e. The lowest BCUT2D eigenvalue weighted by molar-refractivity contribution is -0.138. The summed E-state index contributed by atoms with van der Waals surface area (Å²) in [7, 11) is 1.33. The van der Waals surface area contributed by atoms with Gasteiger partial charge in [-0.05, 0) is 18.2 Å². The molecule has 1 aromatic carbocycles. The fourth-order valence-electron chi connectivity index (χ4n) is 1.89. The molecule has 1 heterocycles. The SMILES string of the molecule is COc1cccc(/C=C/C(=O)OCc2ccc(Cl)nc2)c1OC(F)F. The van der Waals surface area contributed by atoms with Crippen LogP contribution in [0.5, 0.6) is 11.5 Å². The summed E-state index contributed by atoms with van der Waals surface area (Å²) in [5.41, 5.74) is 0.916. The molecule has 0 saturated carbocycles. The van der Waals surface area contributed by atoms with E-state index in [1.54, 1.807) is 18.2 Å². The number of methoxy groups -OCH3 is 1. The molecule has 0 aliphatic heterocycles. The molecule has 0 atom stereocenters. The first kappa shape index (κ1) is 18.7. The van der Waals surface area contributed by atoms with Crippen molar-refractivity contribution in [1.82, 2.24) is 4.98 Å². The number of benzene rings is 1. The van der Waals surface area contributed by atoms with Crippen LogP contribution in [0, 0.1) is 0 Å². The number of ether oxygens (including phenoxy) is 3. The van der Waals surface area contributed by atoms with Crippen molar-refractivity contribution in [3.05, 3.63) is 58.9 Å². The van der Waals surface area contributed by atoms with Gasteiger partial charge in [-0.3, -0.25) is 0 Å². The molecule has 2 rings (SSSR count). The van der Waals surface area contributed by atoms with Gasteiger partial charge < -0.3 is 14.2 Å². The van der Waals surface area contributed by atoms with Crippen molar-refractivity contribution < 1.29 is 27.8 Å². The smallest absolute Gasteiger partial charge is 0.387 e. The van der Waals surface area contributed by atoms with Crippen molar-refractivity contribution in [1.29, 1.82) is 0 Å². The summed E-state index contributed by atoms with van der Waals surface area (Å²) < 4.78 is 39.6.